The second kappa shape index (κ2) is 3.81. The minimum atomic E-state index is 0.759. The molecule has 4 nitrogen and oxygen atoms in total. The van der Waals surface area contributed by atoms with Crippen molar-refractivity contribution in [3.63, 3.8) is 0 Å². The van der Waals surface area contributed by atoms with Crippen molar-refractivity contribution < 1.29 is 0 Å². The molecular formula is C11H16N4. The van der Waals surface area contributed by atoms with Crippen LogP contribution in [0.5, 0.6) is 0 Å². The van der Waals surface area contributed by atoms with E-state index in [4.69, 9.17) is 5.73 Å². The maximum absolute atomic E-state index is 5.92. The normalized spacial score (nSPS) is 14.7. The largest absolute Gasteiger partial charge is 0.397 e. The predicted octanol–water partition coefficient (Wildman–Crippen LogP) is 1.26. The van der Waals surface area contributed by atoms with Gasteiger partial charge in [0.2, 0.25) is 0 Å². The molecule has 0 spiro atoms. The van der Waals surface area contributed by atoms with Crippen LogP contribution in [0.4, 0.5) is 11.4 Å². The highest BCUT2D eigenvalue weighted by molar-refractivity contribution is 5.97. The van der Waals surface area contributed by atoms with Crippen LogP contribution in [0.2, 0.25) is 0 Å². The fourth-order valence-corrected chi connectivity index (χ4v) is 1.56. The Morgan fingerprint density at radius 3 is 2.73 bits per heavy atom. The fraction of sp³-hybridized carbons (Fsp3) is 0.364. The SMILES string of the molecule is Cc1cc(N)c(NC2=NCCN2)cc1C. The van der Waals surface area contributed by atoms with E-state index in [1.54, 1.807) is 0 Å². The summed E-state index contributed by atoms with van der Waals surface area (Å²) in [6, 6.07) is 4.03. The zero-order chi connectivity index (χ0) is 10.8. The van der Waals surface area contributed by atoms with Crippen molar-refractivity contribution in [2.45, 2.75) is 13.8 Å². The van der Waals surface area contributed by atoms with Gasteiger partial charge in [-0.15, -0.1) is 0 Å². The van der Waals surface area contributed by atoms with Gasteiger partial charge in [0, 0.05) is 6.54 Å². The first-order chi connectivity index (χ1) is 7.16. The van der Waals surface area contributed by atoms with Gasteiger partial charge in [-0.1, -0.05) is 0 Å². The second-order valence-electron chi connectivity index (χ2n) is 3.81. The number of anilines is 2. The van der Waals surface area contributed by atoms with Crippen molar-refractivity contribution in [1.82, 2.24) is 5.32 Å². The number of aliphatic imine (C=N–C) groups is 1. The lowest BCUT2D eigenvalue weighted by Crippen LogP contribution is -2.26. The third kappa shape index (κ3) is 2.03. The van der Waals surface area contributed by atoms with E-state index in [1.807, 2.05) is 12.1 Å². The molecule has 0 bridgehead atoms. The molecule has 80 valence electrons. The average Bonchev–Trinajstić information content (AvgIpc) is 2.67. The van der Waals surface area contributed by atoms with E-state index < -0.39 is 0 Å². The molecule has 0 amide bonds. The Morgan fingerprint density at radius 2 is 2.07 bits per heavy atom. The molecule has 2 rings (SSSR count). The Hall–Kier alpha value is -1.71. The van der Waals surface area contributed by atoms with Gasteiger partial charge in [-0.25, -0.2) is 0 Å². The molecule has 1 aliphatic rings. The number of nitrogens with zero attached hydrogens (tertiary/aromatic N) is 1. The molecule has 4 N–H and O–H groups in total. The maximum Gasteiger partial charge on any atom is 0.195 e. The topological polar surface area (TPSA) is 62.4 Å². The highest BCUT2D eigenvalue weighted by atomic mass is 15.2. The van der Waals surface area contributed by atoms with Crippen LogP contribution in [-0.4, -0.2) is 19.0 Å². The van der Waals surface area contributed by atoms with Gasteiger partial charge in [0.1, 0.15) is 0 Å². The van der Waals surface area contributed by atoms with Crippen molar-refractivity contribution in [2.24, 2.45) is 4.99 Å². The summed E-state index contributed by atoms with van der Waals surface area (Å²) in [4.78, 5) is 4.26. The van der Waals surface area contributed by atoms with Gasteiger partial charge in [0.25, 0.3) is 0 Å². The molecule has 4 heteroatoms. The molecule has 1 aliphatic heterocycles. The molecule has 0 radical (unpaired) electrons. The minimum absolute atomic E-state index is 0.759. The van der Waals surface area contributed by atoms with Crippen molar-refractivity contribution in [1.29, 1.82) is 0 Å². The lowest BCUT2D eigenvalue weighted by atomic mass is 10.1. The van der Waals surface area contributed by atoms with Gasteiger partial charge < -0.3 is 16.4 Å². The van der Waals surface area contributed by atoms with Crippen molar-refractivity contribution in [3.8, 4) is 0 Å². The van der Waals surface area contributed by atoms with Gasteiger partial charge >= 0.3 is 0 Å². The maximum atomic E-state index is 5.92. The minimum Gasteiger partial charge on any atom is -0.397 e. The molecule has 1 aromatic carbocycles. The van der Waals surface area contributed by atoms with Crippen molar-refractivity contribution in [3.05, 3.63) is 23.3 Å². The number of nitrogens with two attached hydrogens (primary N) is 1. The monoisotopic (exact) mass is 204 g/mol. The Kier molecular flexibility index (Phi) is 2.49. The summed E-state index contributed by atoms with van der Waals surface area (Å²) in [6.45, 7) is 5.85. The summed E-state index contributed by atoms with van der Waals surface area (Å²) in [5, 5.41) is 6.34. The van der Waals surface area contributed by atoms with Crippen molar-refractivity contribution in [2.75, 3.05) is 24.1 Å². The van der Waals surface area contributed by atoms with Gasteiger partial charge in [0.15, 0.2) is 5.96 Å². The second-order valence-corrected chi connectivity index (χ2v) is 3.81. The smallest absolute Gasteiger partial charge is 0.195 e. The molecule has 0 unspecified atom stereocenters. The first-order valence-corrected chi connectivity index (χ1v) is 5.09. The number of aryl methyl sites for hydroxylation is 2. The van der Waals surface area contributed by atoms with Crippen molar-refractivity contribution >= 4 is 17.3 Å². The van der Waals surface area contributed by atoms with Crippen LogP contribution >= 0.6 is 0 Å². The molecule has 0 aromatic heterocycles. The van der Waals surface area contributed by atoms with E-state index in [0.717, 1.165) is 30.4 Å². The molecule has 0 atom stereocenters. The highest BCUT2D eigenvalue weighted by Gasteiger charge is 2.08. The van der Waals surface area contributed by atoms with Crippen LogP contribution in [0.25, 0.3) is 0 Å². The van der Waals surface area contributed by atoms with E-state index in [0.29, 0.717) is 0 Å². The molecule has 0 fully saturated rings. The Balaban J connectivity index is 2.24. The predicted molar refractivity (Wildman–Crippen MR) is 64.3 cm³/mol. The molecule has 0 saturated heterocycles. The summed E-state index contributed by atoms with van der Waals surface area (Å²) in [5.74, 6) is 0.810. The van der Waals surface area contributed by atoms with Gasteiger partial charge in [-0.3, -0.25) is 4.99 Å². The summed E-state index contributed by atoms with van der Waals surface area (Å²) in [6.07, 6.45) is 0. The number of nitrogens with one attached hydrogen (secondary N) is 2. The Morgan fingerprint density at radius 1 is 1.33 bits per heavy atom. The Bertz CT molecular complexity index is 409. The van der Waals surface area contributed by atoms with Crippen LogP contribution < -0.4 is 16.4 Å². The van der Waals surface area contributed by atoms with E-state index in [-0.39, 0.29) is 0 Å². The summed E-state index contributed by atoms with van der Waals surface area (Å²) < 4.78 is 0. The fourth-order valence-electron chi connectivity index (χ4n) is 1.56. The quantitative estimate of drug-likeness (QED) is 0.603. The van der Waals surface area contributed by atoms with Crippen LogP contribution in [0.1, 0.15) is 11.1 Å². The zero-order valence-electron chi connectivity index (χ0n) is 9.09. The Labute approximate surface area is 89.6 Å². The first kappa shape index (κ1) is 9.83. The third-order valence-electron chi connectivity index (χ3n) is 2.59. The lowest BCUT2D eigenvalue weighted by molar-refractivity contribution is 0.959. The van der Waals surface area contributed by atoms with Gasteiger partial charge in [0.05, 0.1) is 17.9 Å². The molecule has 0 aliphatic carbocycles. The standard InChI is InChI=1S/C11H16N4/c1-7-5-9(12)10(6-8(7)2)15-11-13-3-4-14-11/h5-6H,3-4,12H2,1-2H3,(H2,13,14,15). The number of nitrogen functional groups attached to an aromatic ring is 1. The third-order valence-corrected chi connectivity index (χ3v) is 2.59. The molecule has 0 saturated carbocycles. The zero-order valence-corrected chi connectivity index (χ0v) is 9.09. The van der Waals surface area contributed by atoms with Gasteiger partial charge in [-0.05, 0) is 37.1 Å². The number of hydrogen-bond acceptors (Lipinski definition) is 4. The van der Waals surface area contributed by atoms with E-state index >= 15 is 0 Å². The van der Waals surface area contributed by atoms with Crippen LogP contribution in [-0.2, 0) is 0 Å². The lowest BCUT2D eigenvalue weighted by Gasteiger charge is -2.11. The summed E-state index contributed by atoms with van der Waals surface area (Å²) >= 11 is 0. The first-order valence-electron chi connectivity index (χ1n) is 5.09. The van der Waals surface area contributed by atoms with Crippen LogP contribution in [0.3, 0.4) is 0 Å². The van der Waals surface area contributed by atoms with E-state index in [2.05, 4.69) is 29.5 Å². The average molecular weight is 204 g/mol. The highest BCUT2D eigenvalue weighted by Crippen LogP contribution is 2.22. The van der Waals surface area contributed by atoms with E-state index in [9.17, 15) is 0 Å². The molecular weight excluding hydrogens is 188 g/mol. The molecule has 1 heterocycles. The molecule has 15 heavy (non-hydrogen) atoms. The van der Waals surface area contributed by atoms with E-state index in [1.165, 1.54) is 11.1 Å². The van der Waals surface area contributed by atoms with Gasteiger partial charge in [-0.2, -0.15) is 0 Å². The number of rotatable bonds is 1. The van der Waals surface area contributed by atoms with Crippen LogP contribution in [0.15, 0.2) is 17.1 Å². The summed E-state index contributed by atoms with van der Waals surface area (Å²) in [5.41, 5.74) is 10.0. The number of benzene rings is 1. The summed E-state index contributed by atoms with van der Waals surface area (Å²) in [7, 11) is 0. The number of hydrogen-bond donors (Lipinski definition) is 3. The number of guanidine groups is 1. The molecule has 1 aromatic rings. The van der Waals surface area contributed by atoms with Crippen LogP contribution in [0, 0.1) is 13.8 Å².